The quantitative estimate of drug-likeness (QED) is 0.783. The van der Waals surface area contributed by atoms with Crippen molar-refractivity contribution in [2.45, 2.75) is 38.3 Å². The molecule has 0 spiro atoms. The molecule has 20 heavy (non-hydrogen) atoms. The number of rotatable bonds is 7. The minimum atomic E-state index is -2.86. The first-order valence-electron chi connectivity index (χ1n) is 6.35. The Morgan fingerprint density at radius 2 is 1.90 bits per heavy atom. The molecule has 4 nitrogen and oxygen atoms in total. The molecule has 112 valence electrons. The molecule has 0 amide bonds. The van der Waals surface area contributed by atoms with E-state index < -0.39 is 6.61 Å². The number of hydrogen-bond acceptors (Lipinski definition) is 4. The molecule has 0 aliphatic rings. The van der Waals surface area contributed by atoms with Crippen molar-refractivity contribution in [3.05, 3.63) is 29.8 Å². The highest BCUT2D eigenvalue weighted by atomic mass is 19.3. The summed E-state index contributed by atoms with van der Waals surface area (Å²) in [6.07, 6.45) is 0.845. The molecule has 2 N–H and O–H groups in total. The number of alkyl halides is 2. The molecule has 1 aromatic carbocycles. The maximum absolute atomic E-state index is 12.1. The summed E-state index contributed by atoms with van der Waals surface area (Å²) in [4.78, 5) is 11.4. The van der Waals surface area contributed by atoms with Gasteiger partial charge in [0, 0.05) is 12.0 Å². The summed E-state index contributed by atoms with van der Waals surface area (Å²) < 4.78 is 33.1. The fourth-order valence-corrected chi connectivity index (χ4v) is 1.96. The number of benzene rings is 1. The third kappa shape index (κ3) is 4.77. The van der Waals surface area contributed by atoms with Crippen molar-refractivity contribution in [3.8, 4) is 5.75 Å². The Hall–Kier alpha value is -1.69. The lowest BCUT2D eigenvalue weighted by atomic mass is 9.87. The summed E-state index contributed by atoms with van der Waals surface area (Å²) in [7, 11) is 1.32. The van der Waals surface area contributed by atoms with E-state index in [1.165, 1.54) is 19.2 Å². The second kappa shape index (κ2) is 7.79. The lowest BCUT2D eigenvalue weighted by Gasteiger charge is -2.22. The number of carbonyl (C=O) groups is 1. The summed E-state index contributed by atoms with van der Waals surface area (Å²) in [6, 6.07) is 5.94. The maximum Gasteiger partial charge on any atom is 0.387 e. The lowest BCUT2D eigenvalue weighted by molar-refractivity contribution is -0.141. The van der Waals surface area contributed by atoms with Crippen LogP contribution in [-0.2, 0) is 9.53 Å². The molecule has 0 heterocycles. The number of esters is 1. The van der Waals surface area contributed by atoms with Gasteiger partial charge in [-0.3, -0.25) is 4.79 Å². The first-order chi connectivity index (χ1) is 9.47. The van der Waals surface area contributed by atoms with E-state index in [0.717, 1.165) is 5.56 Å². The molecule has 0 aliphatic carbocycles. The van der Waals surface area contributed by atoms with Crippen LogP contribution in [0.2, 0.25) is 0 Å². The zero-order chi connectivity index (χ0) is 15.1. The predicted molar refractivity (Wildman–Crippen MR) is 70.7 cm³/mol. The highest BCUT2D eigenvalue weighted by molar-refractivity contribution is 5.70. The summed E-state index contributed by atoms with van der Waals surface area (Å²) in [6.45, 7) is -0.937. The average Bonchev–Trinajstić information content (AvgIpc) is 2.44. The minimum Gasteiger partial charge on any atom is -0.469 e. The Kier molecular flexibility index (Phi) is 6.38. The van der Waals surface area contributed by atoms with Crippen LogP contribution in [0.1, 0.15) is 31.2 Å². The standard InChI is InChI=1S/C14H19F2NO3/c1-3-12(17)11(8-13(18)19-2)9-4-6-10(7-5-9)20-14(15)16/h4-7,11-12,14H,3,8,17H2,1-2H3. The fourth-order valence-electron chi connectivity index (χ4n) is 1.96. The van der Waals surface area contributed by atoms with Gasteiger partial charge < -0.3 is 15.2 Å². The third-order valence-corrected chi connectivity index (χ3v) is 3.14. The Labute approximate surface area is 116 Å². The van der Waals surface area contributed by atoms with E-state index in [9.17, 15) is 13.6 Å². The second-order valence-corrected chi connectivity index (χ2v) is 4.41. The first kappa shape index (κ1) is 16.4. The number of ether oxygens (including phenoxy) is 2. The van der Waals surface area contributed by atoms with Gasteiger partial charge in [0.25, 0.3) is 0 Å². The van der Waals surface area contributed by atoms with Gasteiger partial charge in [-0.05, 0) is 24.1 Å². The topological polar surface area (TPSA) is 61.6 Å². The van der Waals surface area contributed by atoms with Gasteiger partial charge in [0.2, 0.25) is 0 Å². The normalized spacial score (nSPS) is 13.9. The lowest BCUT2D eigenvalue weighted by Crippen LogP contribution is -2.29. The molecule has 0 aliphatic heterocycles. The van der Waals surface area contributed by atoms with E-state index >= 15 is 0 Å². The summed E-state index contributed by atoms with van der Waals surface area (Å²) in [5.41, 5.74) is 6.81. The van der Waals surface area contributed by atoms with E-state index in [1.807, 2.05) is 6.92 Å². The van der Waals surface area contributed by atoms with Crippen molar-refractivity contribution >= 4 is 5.97 Å². The van der Waals surface area contributed by atoms with Gasteiger partial charge in [-0.2, -0.15) is 8.78 Å². The molecule has 0 aromatic heterocycles. The second-order valence-electron chi connectivity index (χ2n) is 4.41. The van der Waals surface area contributed by atoms with Gasteiger partial charge >= 0.3 is 12.6 Å². The monoisotopic (exact) mass is 287 g/mol. The van der Waals surface area contributed by atoms with Crippen LogP contribution in [-0.4, -0.2) is 25.7 Å². The number of nitrogens with two attached hydrogens (primary N) is 1. The Morgan fingerprint density at radius 3 is 2.35 bits per heavy atom. The van der Waals surface area contributed by atoms with Crippen LogP contribution in [0.4, 0.5) is 8.78 Å². The zero-order valence-electron chi connectivity index (χ0n) is 11.5. The maximum atomic E-state index is 12.1. The molecule has 0 saturated heterocycles. The molecule has 0 saturated carbocycles. The minimum absolute atomic E-state index is 0.0747. The van der Waals surface area contributed by atoms with Crippen molar-refractivity contribution in [2.75, 3.05) is 7.11 Å². The smallest absolute Gasteiger partial charge is 0.387 e. The fraction of sp³-hybridized carbons (Fsp3) is 0.500. The molecule has 6 heteroatoms. The summed E-state index contributed by atoms with van der Waals surface area (Å²) in [5, 5.41) is 0. The van der Waals surface area contributed by atoms with Crippen LogP contribution >= 0.6 is 0 Å². The average molecular weight is 287 g/mol. The molecular weight excluding hydrogens is 268 g/mol. The van der Waals surface area contributed by atoms with Gasteiger partial charge in [-0.25, -0.2) is 0 Å². The zero-order valence-corrected chi connectivity index (χ0v) is 11.5. The number of carbonyl (C=O) groups excluding carboxylic acids is 1. The number of hydrogen-bond donors (Lipinski definition) is 1. The number of halogens is 2. The Bertz CT molecular complexity index is 423. The Balaban J connectivity index is 2.87. The van der Waals surface area contributed by atoms with Gasteiger partial charge in [0.15, 0.2) is 0 Å². The first-order valence-corrected chi connectivity index (χ1v) is 6.35. The molecular formula is C14H19F2NO3. The molecule has 0 bridgehead atoms. The van der Waals surface area contributed by atoms with E-state index in [0.29, 0.717) is 6.42 Å². The van der Waals surface area contributed by atoms with Gasteiger partial charge in [-0.15, -0.1) is 0 Å². The highest BCUT2D eigenvalue weighted by Crippen LogP contribution is 2.27. The van der Waals surface area contributed by atoms with Crippen LogP contribution in [0.15, 0.2) is 24.3 Å². The number of methoxy groups -OCH3 is 1. The van der Waals surface area contributed by atoms with E-state index in [4.69, 9.17) is 5.73 Å². The van der Waals surface area contributed by atoms with Crippen LogP contribution in [0, 0.1) is 0 Å². The van der Waals surface area contributed by atoms with Crippen LogP contribution < -0.4 is 10.5 Å². The van der Waals surface area contributed by atoms with E-state index in [-0.39, 0.29) is 30.1 Å². The highest BCUT2D eigenvalue weighted by Gasteiger charge is 2.22. The van der Waals surface area contributed by atoms with Gasteiger partial charge in [0.05, 0.1) is 13.5 Å². The van der Waals surface area contributed by atoms with Gasteiger partial charge in [-0.1, -0.05) is 19.1 Å². The molecule has 2 unspecified atom stereocenters. The molecule has 0 radical (unpaired) electrons. The van der Waals surface area contributed by atoms with Crippen LogP contribution in [0.25, 0.3) is 0 Å². The largest absolute Gasteiger partial charge is 0.469 e. The van der Waals surface area contributed by atoms with Gasteiger partial charge in [0.1, 0.15) is 5.75 Å². The van der Waals surface area contributed by atoms with Crippen molar-refractivity contribution in [1.82, 2.24) is 0 Å². The molecule has 1 aromatic rings. The van der Waals surface area contributed by atoms with Crippen molar-refractivity contribution < 1.29 is 23.0 Å². The van der Waals surface area contributed by atoms with E-state index in [1.54, 1.807) is 12.1 Å². The molecule has 2 atom stereocenters. The molecule has 0 fully saturated rings. The van der Waals surface area contributed by atoms with Crippen molar-refractivity contribution in [3.63, 3.8) is 0 Å². The van der Waals surface area contributed by atoms with Crippen LogP contribution in [0.5, 0.6) is 5.75 Å². The van der Waals surface area contributed by atoms with E-state index in [2.05, 4.69) is 9.47 Å². The van der Waals surface area contributed by atoms with Crippen molar-refractivity contribution in [1.29, 1.82) is 0 Å². The van der Waals surface area contributed by atoms with Crippen molar-refractivity contribution in [2.24, 2.45) is 5.73 Å². The SMILES string of the molecule is CCC(N)C(CC(=O)OC)c1ccc(OC(F)F)cc1. The summed E-state index contributed by atoms with van der Waals surface area (Å²) >= 11 is 0. The Morgan fingerprint density at radius 1 is 1.30 bits per heavy atom. The summed E-state index contributed by atoms with van der Waals surface area (Å²) in [5.74, 6) is -0.495. The predicted octanol–water partition coefficient (Wildman–Crippen LogP) is 2.67. The molecule has 1 rings (SSSR count). The van der Waals surface area contributed by atoms with Crippen LogP contribution in [0.3, 0.4) is 0 Å². The third-order valence-electron chi connectivity index (χ3n) is 3.14.